The number of hydrogen-bond acceptors (Lipinski definition) is 3. The van der Waals surface area contributed by atoms with Crippen molar-refractivity contribution in [3.8, 4) is 0 Å². The molecule has 1 saturated carbocycles. The minimum absolute atomic E-state index is 0.217. The average molecular weight is 261 g/mol. The molecule has 3 unspecified atom stereocenters. The second-order valence-corrected chi connectivity index (χ2v) is 6.44. The molecule has 4 nitrogen and oxygen atoms in total. The molecule has 0 spiro atoms. The molecule has 3 atom stereocenters. The Morgan fingerprint density at radius 1 is 1.21 bits per heavy atom. The molecular weight excluding hydrogens is 238 g/mol. The van der Waals surface area contributed by atoms with Crippen molar-refractivity contribution < 1.29 is 4.74 Å². The summed E-state index contributed by atoms with van der Waals surface area (Å²) < 4.78 is 8.29. The van der Waals surface area contributed by atoms with E-state index in [1.54, 1.807) is 0 Å². The lowest BCUT2D eigenvalue weighted by molar-refractivity contribution is 0.0521. The number of hydrogen-bond donors (Lipinski definition) is 1. The molecular formula is C15H23N3O. The van der Waals surface area contributed by atoms with Gasteiger partial charge in [-0.15, -0.1) is 0 Å². The van der Waals surface area contributed by atoms with E-state index in [9.17, 15) is 0 Å². The maximum absolute atomic E-state index is 6.01. The Bertz CT molecular complexity index is 492. The number of rotatable bonds is 2. The molecule has 1 N–H and O–H groups in total. The van der Waals surface area contributed by atoms with E-state index in [4.69, 9.17) is 9.84 Å². The highest BCUT2D eigenvalue weighted by Gasteiger charge is 2.38. The van der Waals surface area contributed by atoms with Gasteiger partial charge in [0, 0.05) is 12.1 Å². The molecule has 19 heavy (non-hydrogen) atoms. The van der Waals surface area contributed by atoms with Crippen LogP contribution in [0.5, 0.6) is 0 Å². The number of nitrogens with one attached hydrogen (secondary N) is 1. The highest BCUT2D eigenvalue weighted by atomic mass is 16.5. The Hall–Kier alpha value is -1.03. The molecule has 1 aromatic rings. The van der Waals surface area contributed by atoms with Crippen molar-refractivity contribution in [2.24, 2.45) is 5.92 Å². The van der Waals surface area contributed by atoms with Gasteiger partial charge in [-0.25, -0.2) is 4.68 Å². The maximum atomic E-state index is 6.01. The molecule has 104 valence electrons. The van der Waals surface area contributed by atoms with Gasteiger partial charge in [0.15, 0.2) is 0 Å². The lowest BCUT2D eigenvalue weighted by Gasteiger charge is -2.26. The third-order valence-electron chi connectivity index (χ3n) is 4.93. The highest BCUT2D eigenvalue weighted by Crippen LogP contribution is 2.46. The van der Waals surface area contributed by atoms with E-state index < -0.39 is 0 Å². The summed E-state index contributed by atoms with van der Waals surface area (Å²) in [6.45, 7) is 5.45. The summed E-state index contributed by atoms with van der Waals surface area (Å²) in [5, 5.41) is 8.48. The largest absolute Gasteiger partial charge is 0.370 e. The zero-order valence-corrected chi connectivity index (χ0v) is 11.9. The molecule has 0 bridgehead atoms. The number of ether oxygens (including phenoxy) is 1. The number of nitrogens with zero attached hydrogens (tertiary/aromatic N) is 2. The van der Waals surface area contributed by atoms with Gasteiger partial charge in [0.05, 0.1) is 17.8 Å². The minimum atomic E-state index is 0.217. The van der Waals surface area contributed by atoms with Crippen LogP contribution in [0.4, 0.5) is 5.82 Å². The van der Waals surface area contributed by atoms with Gasteiger partial charge in [0.25, 0.3) is 0 Å². The molecule has 4 rings (SSSR count). The van der Waals surface area contributed by atoms with Gasteiger partial charge in [-0.2, -0.15) is 5.10 Å². The molecule has 0 amide bonds. The SMILES string of the molecule is Cc1c(C2CCC(C)O2)nn2c1NCCC2C1CC1. The van der Waals surface area contributed by atoms with Crippen LogP contribution in [0.15, 0.2) is 0 Å². The van der Waals surface area contributed by atoms with E-state index in [2.05, 4.69) is 23.8 Å². The van der Waals surface area contributed by atoms with Crippen molar-refractivity contribution in [2.45, 2.75) is 64.2 Å². The molecule has 2 fully saturated rings. The fourth-order valence-corrected chi connectivity index (χ4v) is 3.67. The van der Waals surface area contributed by atoms with Crippen molar-refractivity contribution in [1.82, 2.24) is 9.78 Å². The topological polar surface area (TPSA) is 39.1 Å². The number of fused-ring (bicyclic) bond motifs is 1. The lowest BCUT2D eigenvalue weighted by atomic mass is 10.1. The van der Waals surface area contributed by atoms with Crippen molar-refractivity contribution in [2.75, 3.05) is 11.9 Å². The highest BCUT2D eigenvalue weighted by molar-refractivity contribution is 5.49. The minimum Gasteiger partial charge on any atom is -0.370 e. The Morgan fingerprint density at radius 2 is 2.05 bits per heavy atom. The second kappa shape index (κ2) is 4.23. The fourth-order valence-electron chi connectivity index (χ4n) is 3.67. The van der Waals surface area contributed by atoms with Crippen molar-refractivity contribution in [3.63, 3.8) is 0 Å². The smallest absolute Gasteiger partial charge is 0.127 e. The zero-order chi connectivity index (χ0) is 13.0. The number of aromatic nitrogens is 2. The molecule has 2 aliphatic heterocycles. The van der Waals surface area contributed by atoms with Crippen LogP contribution in [-0.4, -0.2) is 22.4 Å². The van der Waals surface area contributed by atoms with Crippen LogP contribution in [0.25, 0.3) is 0 Å². The van der Waals surface area contributed by atoms with Crippen LogP contribution in [0, 0.1) is 12.8 Å². The van der Waals surface area contributed by atoms with Gasteiger partial charge in [-0.3, -0.25) is 0 Å². The quantitative estimate of drug-likeness (QED) is 0.888. The van der Waals surface area contributed by atoms with Crippen molar-refractivity contribution in [3.05, 3.63) is 11.3 Å². The number of anilines is 1. The summed E-state index contributed by atoms with van der Waals surface area (Å²) in [6, 6.07) is 0.627. The molecule has 0 radical (unpaired) electrons. The van der Waals surface area contributed by atoms with Crippen LogP contribution in [0.1, 0.15) is 62.4 Å². The molecule has 1 saturated heterocycles. The Kier molecular flexibility index (Phi) is 2.62. The predicted molar refractivity (Wildman–Crippen MR) is 74.4 cm³/mol. The Balaban J connectivity index is 1.69. The van der Waals surface area contributed by atoms with Gasteiger partial charge in [0.1, 0.15) is 11.9 Å². The standard InChI is InChI=1S/C15H23N3O/c1-9-3-6-13(19-9)14-10(2)15-16-8-7-12(11-4-5-11)18(15)17-14/h9,11-13,16H,3-8H2,1-2H3. The normalized spacial score (nSPS) is 34.1. The van der Waals surface area contributed by atoms with E-state index >= 15 is 0 Å². The summed E-state index contributed by atoms with van der Waals surface area (Å²) in [6.07, 6.45) is 6.87. The van der Waals surface area contributed by atoms with Crippen LogP contribution < -0.4 is 5.32 Å². The second-order valence-electron chi connectivity index (χ2n) is 6.44. The van der Waals surface area contributed by atoms with Gasteiger partial charge >= 0.3 is 0 Å². The first-order valence-electron chi connectivity index (χ1n) is 7.72. The first-order valence-corrected chi connectivity index (χ1v) is 7.72. The maximum Gasteiger partial charge on any atom is 0.127 e. The van der Waals surface area contributed by atoms with E-state index in [0.717, 1.165) is 25.3 Å². The van der Waals surface area contributed by atoms with E-state index in [1.165, 1.54) is 36.3 Å². The van der Waals surface area contributed by atoms with E-state index in [-0.39, 0.29) is 6.10 Å². The molecule has 4 heteroatoms. The summed E-state index contributed by atoms with van der Waals surface area (Å²) in [5.74, 6) is 2.12. The van der Waals surface area contributed by atoms with Gasteiger partial charge in [0.2, 0.25) is 0 Å². The third kappa shape index (κ3) is 1.88. The predicted octanol–water partition coefficient (Wildman–Crippen LogP) is 3.20. The first kappa shape index (κ1) is 11.8. The molecule has 3 heterocycles. The summed E-state index contributed by atoms with van der Waals surface area (Å²) in [4.78, 5) is 0. The lowest BCUT2D eigenvalue weighted by Crippen LogP contribution is -2.25. The van der Waals surface area contributed by atoms with E-state index in [0.29, 0.717) is 12.1 Å². The molecule has 0 aromatic carbocycles. The molecule has 1 aliphatic carbocycles. The van der Waals surface area contributed by atoms with Crippen LogP contribution in [-0.2, 0) is 4.74 Å². The third-order valence-corrected chi connectivity index (χ3v) is 4.93. The summed E-state index contributed by atoms with van der Waals surface area (Å²) in [5.41, 5.74) is 2.49. The fraction of sp³-hybridized carbons (Fsp3) is 0.800. The van der Waals surface area contributed by atoms with Gasteiger partial charge in [-0.05, 0) is 51.9 Å². The van der Waals surface area contributed by atoms with Gasteiger partial charge < -0.3 is 10.1 Å². The average Bonchev–Trinajstić information content (AvgIpc) is 3.09. The van der Waals surface area contributed by atoms with Crippen molar-refractivity contribution in [1.29, 1.82) is 0 Å². The molecule has 1 aromatic heterocycles. The monoisotopic (exact) mass is 261 g/mol. The van der Waals surface area contributed by atoms with E-state index in [1.807, 2.05) is 0 Å². The van der Waals surface area contributed by atoms with Crippen molar-refractivity contribution >= 4 is 5.82 Å². The van der Waals surface area contributed by atoms with Crippen LogP contribution >= 0.6 is 0 Å². The van der Waals surface area contributed by atoms with Crippen LogP contribution in [0.3, 0.4) is 0 Å². The first-order chi connectivity index (χ1) is 9.24. The molecule has 3 aliphatic rings. The zero-order valence-electron chi connectivity index (χ0n) is 11.9. The Morgan fingerprint density at radius 3 is 2.74 bits per heavy atom. The summed E-state index contributed by atoms with van der Waals surface area (Å²) in [7, 11) is 0. The van der Waals surface area contributed by atoms with Crippen LogP contribution in [0.2, 0.25) is 0 Å². The summed E-state index contributed by atoms with van der Waals surface area (Å²) >= 11 is 0. The van der Waals surface area contributed by atoms with Gasteiger partial charge in [-0.1, -0.05) is 0 Å². The Labute approximate surface area is 114 Å².